The van der Waals surface area contributed by atoms with Gasteiger partial charge in [0.05, 0.1) is 24.2 Å². The maximum absolute atomic E-state index is 12.8. The fraction of sp³-hybridized carbons (Fsp3) is 0.318. The topological polar surface area (TPSA) is 71.1 Å². The molecule has 1 amide bonds. The number of hydrogen-bond donors (Lipinski definition) is 1. The van der Waals surface area contributed by atoms with Gasteiger partial charge in [0, 0.05) is 35.8 Å². The summed E-state index contributed by atoms with van der Waals surface area (Å²) in [5.41, 5.74) is 4.50. The third kappa shape index (κ3) is 3.45. The summed E-state index contributed by atoms with van der Waals surface area (Å²) < 4.78 is 5.36. The Balaban J connectivity index is 1.48. The number of ether oxygens (including phenoxy) is 1. The van der Waals surface area contributed by atoms with E-state index >= 15 is 0 Å². The third-order valence-corrected chi connectivity index (χ3v) is 6.80. The van der Waals surface area contributed by atoms with Crippen molar-refractivity contribution in [1.29, 1.82) is 0 Å². The van der Waals surface area contributed by atoms with Crippen molar-refractivity contribution in [2.45, 2.75) is 12.2 Å². The van der Waals surface area contributed by atoms with Crippen LogP contribution in [-0.4, -0.2) is 52.3 Å². The fourth-order valence-electron chi connectivity index (χ4n) is 3.87. The van der Waals surface area contributed by atoms with Gasteiger partial charge in [-0.3, -0.25) is 9.89 Å². The molecule has 2 aromatic heterocycles. The van der Waals surface area contributed by atoms with Gasteiger partial charge in [-0.25, -0.2) is 4.98 Å². The van der Waals surface area contributed by atoms with E-state index < -0.39 is 0 Å². The lowest BCUT2D eigenvalue weighted by Gasteiger charge is -2.27. The number of rotatable bonds is 3. The number of aromatic nitrogens is 3. The lowest BCUT2D eigenvalue weighted by atomic mass is 10.0. The van der Waals surface area contributed by atoms with Gasteiger partial charge >= 0.3 is 0 Å². The smallest absolute Gasteiger partial charge is 0.254 e. The van der Waals surface area contributed by atoms with Crippen LogP contribution in [0.5, 0.6) is 0 Å². The molecule has 0 bridgehead atoms. The summed E-state index contributed by atoms with van der Waals surface area (Å²) in [6.07, 6.45) is 4.06. The molecule has 1 saturated heterocycles. The zero-order chi connectivity index (χ0) is 19.8. The maximum Gasteiger partial charge on any atom is 0.254 e. The molecule has 4 heterocycles. The molecule has 0 aliphatic carbocycles. The molecule has 2 unspecified atom stereocenters. The number of allylic oxidation sites excluding steroid dienone is 1. The van der Waals surface area contributed by atoms with Crippen molar-refractivity contribution in [3.8, 4) is 11.1 Å². The molecule has 6 nitrogen and oxygen atoms in total. The second-order valence-corrected chi connectivity index (χ2v) is 8.51. The van der Waals surface area contributed by atoms with E-state index in [0.29, 0.717) is 43.0 Å². The Hall–Kier alpha value is -2.64. The van der Waals surface area contributed by atoms with E-state index in [0.717, 1.165) is 27.9 Å². The Morgan fingerprint density at radius 1 is 1.24 bits per heavy atom. The minimum absolute atomic E-state index is 0.0513. The largest absolute Gasteiger partial charge is 0.378 e. The third-order valence-electron chi connectivity index (χ3n) is 5.54. The van der Waals surface area contributed by atoms with Crippen molar-refractivity contribution in [2.75, 3.05) is 26.3 Å². The monoisotopic (exact) mass is 406 g/mol. The van der Waals surface area contributed by atoms with Crippen LogP contribution in [0.4, 0.5) is 0 Å². The van der Waals surface area contributed by atoms with Gasteiger partial charge in [0.2, 0.25) is 0 Å². The van der Waals surface area contributed by atoms with E-state index in [1.165, 1.54) is 0 Å². The molecule has 2 atom stereocenters. The molecular formula is C22H22N4O2S. The molecule has 29 heavy (non-hydrogen) atoms. The van der Waals surface area contributed by atoms with Gasteiger partial charge in [-0.2, -0.15) is 5.10 Å². The number of amides is 1. The minimum Gasteiger partial charge on any atom is -0.378 e. The van der Waals surface area contributed by atoms with Gasteiger partial charge in [-0.1, -0.05) is 25.1 Å². The first-order valence-corrected chi connectivity index (χ1v) is 10.8. The predicted molar refractivity (Wildman–Crippen MR) is 115 cm³/mol. The second-order valence-electron chi connectivity index (χ2n) is 7.46. The van der Waals surface area contributed by atoms with E-state index in [4.69, 9.17) is 4.74 Å². The summed E-state index contributed by atoms with van der Waals surface area (Å²) in [4.78, 5) is 19.3. The molecule has 0 saturated carbocycles. The number of benzene rings is 1. The van der Waals surface area contributed by atoms with Crippen molar-refractivity contribution in [1.82, 2.24) is 20.1 Å². The minimum atomic E-state index is 0.0513. The first kappa shape index (κ1) is 18.4. The van der Waals surface area contributed by atoms with Crippen molar-refractivity contribution in [3.63, 3.8) is 0 Å². The van der Waals surface area contributed by atoms with Crippen molar-refractivity contribution >= 4 is 28.7 Å². The number of pyridine rings is 1. The highest BCUT2D eigenvalue weighted by Gasteiger charge is 2.26. The molecular weight excluding hydrogens is 384 g/mol. The molecule has 0 spiro atoms. The number of thioether (sulfide) groups is 1. The van der Waals surface area contributed by atoms with Crippen molar-refractivity contribution in [2.24, 2.45) is 5.92 Å². The molecule has 1 N–H and O–H groups in total. The molecule has 7 heteroatoms. The van der Waals surface area contributed by atoms with Crippen LogP contribution in [-0.2, 0) is 4.74 Å². The summed E-state index contributed by atoms with van der Waals surface area (Å²) in [5, 5.41) is 11.1. The van der Waals surface area contributed by atoms with Crippen LogP contribution in [0.15, 0.2) is 48.0 Å². The predicted octanol–water partition coefficient (Wildman–Crippen LogP) is 4.04. The van der Waals surface area contributed by atoms with E-state index in [-0.39, 0.29) is 5.91 Å². The van der Waals surface area contributed by atoms with Crippen LogP contribution >= 0.6 is 11.8 Å². The molecule has 5 rings (SSSR count). The number of aromatic amines is 1. The fourth-order valence-corrected chi connectivity index (χ4v) is 5.03. The molecule has 1 aromatic carbocycles. The number of hydrogen-bond acceptors (Lipinski definition) is 5. The normalized spacial score (nSPS) is 21.8. The Bertz CT molecular complexity index is 1090. The van der Waals surface area contributed by atoms with E-state index in [9.17, 15) is 4.79 Å². The Morgan fingerprint density at radius 3 is 2.90 bits per heavy atom. The highest BCUT2D eigenvalue weighted by molar-refractivity contribution is 8.02. The number of carbonyl (C=O) groups is 1. The molecule has 0 radical (unpaired) electrons. The zero-order valence-electron chi connectivity index (χ0n) is 16.2. The molecule has 2 aliphatic heterocycles. The first-order valence-electron chi connectivity index (χ1n) is 9.84. The van der Waals surface area contributed by atoms with Gasteiger partial charge < -0.3 is 9.64 Å². The zero-order valence-corrected chi connectivity index (χ0v) is 17.0. The molecule has 3 aromatic rings. The van der Waals surface area contributed by atoms with Gasteiger partial charge in [0.15, 0.2) is 5.65 Å². The van der Waals surface area contributed by atoms with Crippen molar-refractivity contribution in [3.05, 3.63) is 59.3 Å². The summed E-state index contributed by atoms with van der Waals surface area (Å²) in [5.74, 6) is 0.486. The number of H-pyrrole nitrogens is 1. The van der Waals surface area contributed by atoms with Gasteiger partial charge in [-0.05, 0) is 35.1 Å². The van der Waals surface area contributed by atoms with Crippen LogP contribution in [0.25, 0.3) is 22.2 Å². The standard InChI is InChI=1S/C22H22N4O2S/c1-14-5-10-29-20(14)19-18-12-17(13-23-21(18)25-24-19)15-3-2-4-16(11-15)22(27)26-6-8-28-9-7-26/h2-5,10-14,20H,6-9H2,1H3,(H,23,24,25). The van der Waals surface area contributed by atoms with Crippen LogP contribution in [0.1, 0.15) is 28.2 Å². The average Bonchev–Trinajstić information content (AvgIpc) is 3.39. The quantitative estimate of drug-likeness (QED) is 0.711. The first-order chi connectivity index (χ1) is 14.2. The average molecular weight is 407 g/mol. The number of carbonyl (C=O) groups excluding carboxylic acids is 1. The lowest BCUT2D eigenvalue weighted by Crippen LogP contribution is -2.40. The van der Waals surface area contributed by atoms with E-state index in [2.05, 4.69) is 39.7 Å². The number of nitrogens with one attached hydrogen (secondary N) is 1. The van der Waals surface area contributed by atoms with Crippen LogP contribution in [0.3, 0.4) is 0 Å². The maximum atomic E-state index is 12.8. The number of fused-ring (bicyclic) bond motifs is 1. The van der Waals surface area contributed by atoms with Gasteiger partial charge in [0.25, 0.3) is 5.91 Å². The van der Waals surface area contributed by atoms with Gasteiger partial charge in [0.1, 0.15) is 0 Å². The Labute approximate surface area is 173 Å². The molecule has 1 fully saturated rings. The summed E-state index contributed by atoms with van der Waals surface area (Å²) in [7, 11) is 0. The molecule has 2 aliphatic rings. The van der Waals surface area contributed by atoms with Gasteiger partial charge in [-0.15, -0.1) is 11.8 Å². The Kier molecular flexibility index (Phi) is 4.85. The highest BCUT2D eigenvalue weighted by atomic mass is 32.2. The molecule has 148 valence electrons. The Morgan fingerprint density at radius 2 is 2.10 bits per heavy atom. The summed E-state index contributed by atoms with van der Waals surface area (Å²) in [6.45, 7) is 4.68. The second kappa shape index (κ2) is 7.65. The van der Waals surface area contributed by atoms with E-state index in [1.807, 2.05) is 35.4 Å². The number of morpholine rings is 1. The summed E-state index contributed by atoms with van der Waals surface area (Å²) in [6, 6.07) is 9.91. The van der Waals surface area contributed by atoms with Crippen LogP contribution in [0.2, 0.25) is 0 Å². The highest BCUT2D eigenvalue weighted by Crippen LogP contribution is 2.44. The number of nitrogens with zero attached hydrogens (tertiary/aromatic N) is 3. The van der Waals surface area contributed by atoms with E-state index in [1.54, 1.807) is 11.8 Å². The van der Waals surface area contributed by atoms with Crippen molar-refractivity contribution < 1.29 is 9.53 Å². The summed E-state index contributed by atoms with van der Waals surface area (Å²) >= 11 is 1.80. The van der Waals surface area contributed by atoms with Crippen LogP contribution < -0.4 is 0 Å². The lowest BCUT2D eigenvalue weighted by molar-refractivity contribution is 0.0303. The SMILES string of the molecule is CC1C=CSC1c1n[nH]c2ncc(-c3cccc(C(=O)N4CCOCC4)c3)cc12. The van der Waals surface area contributed by atoms with Crippen LogP contribution in [0, 0.1) is 5.92 Å².